The van der Waals surface area contributed by atoms with Crippen LogP contribution in [0, 0.1) is 0 Å². The molecule has 6 nitrogen and oxygen atoms in total. The van der Waals surface area contributed by atoms with E-state index in [1.807, 2.05) is 12.1 Å². The molecule has 4 aromatic heterocycles. The van der Waals surface area contributed by atoms with Crippen molar-refractivity contribution < 1.29 is 0 Å². The molecule has 0 aliphatic carbocycles. The van der Waals surface area contributed by atoms with Gasteiger partial charge in [0.15, 0.2) is 11.6 Å². The van der Waals surface area contributed by atoms with Gasteiger partial charge < -0.3 is 0 Å². The molecule has 0 atom stereocenters. The number of fused-ring (bicyclic) bond motifs is 11. The SMILES string of the molecule is c1ccc(-c2cccc(-c3nc(-c4cccc(-c5ccccc5)c4)nc(-n4c5ccccc5c5cc6c7ccccc7c7nc8ccccc8n7c6cc54)n3)c2)cc1. The average Bonchev–Trinajstić information content (AvgIpc) is 3.85. The minimum atomic E-state index is 0.549. The zero-order valence-electron chi connectivity index (χ0n) is 31.2. The lowest BCUT2D eigenvalue weighted by Gasteiger charge is -2.13. The van der Waals surface area contributed by atoms with Crippen molar-refractivity contribution in [2.75, 3.05) is 0 Å². The Balaban J connectivity index is 1.17. The summed E-state index contributed by atoms with van der Waals surface area (Å²) < 4.78 is 4.52. The van der Waals surface area contributed by atoms with Crippen LogP contribution in [0.3, 0.4) is 0 Å². The van der Waals surface area contributed by atoms with E-state index >= 15 is 0 Å². The van der Waals surface area contributed by atoms with Gasteiger partial charge in [-0.25, -0.2) is 9.97 Å². The normalized spacial score (nSPS) is 11.8. The lowest BCUT2D eigenvalue weighted by molar-refractivity contribution is 0.954. The molecule has 0 saturated carbocycles. The molecule has 0 N–H and O–H groups in total. The lowest BCUT2D eigenvalue weighted by Crippen LogP contribution is -2.06. The van der Waals surface area contributed by atoms with E-state index in [4.69, 9.17) is 19.9 Å². The second-order valence-corrected chi connectivity index (χ2v) is 14.7. The fraction of sp³-hybridized carbons (Fsp3) is 0. The van der Waals surface area contributed by atoms with E-state index in [9.17, 15) is 0 Å². The van der Waals surface area contributed by atoms with Crippen LogP contribution in [0.5, 0.6) is 0 Å². The molecule has 0 spiro atoms. The molecule has 58 heavy (non-hydrogen) atoms. The van der Waals surface area contributed by atoms with Crippen molar-refractivity contribution in [3.8, 4) is 51.0 Å². The summed E-state index contributed by atoms with van der Waals surface area (Å²) in [5.41, 5.74) is 12.3. The van der Waals surface area contributed by atoms with Crippen molar-refractivity contribution in [2.24, 2.45) is 0 Å². The smallest absolute Gasteiger partial charge is 0.238 e. The van der Waals surface area contributed by atoms with Gasteiger partial charge in [-0.05, 0) is 70.1 Å². The summed E-state index contributed by atoms with van der Waals surface area (Å²) in [6.45, 7) is 0. The first-order chi connectivity index (χ1) is 28.7. The number of imidazole rings is 1. The Bertz CT molecular complexity index is 3470. The fourth-order valence-corrected chi connectivity index (χ4v) is 8.64. The highest BCUT2D eigenvalue weighted by Crippen LogP contribution is 2.39. The molecule has 0 aliphatic heterocycles. The molecule has 0 fully saturated rings. The third-order valence-electron chi connectivity index (χ3n) is 11.3. The Kier molecular flexibility index (Phi) is 7.13. The van der Waals surface area contributed by atoms with E-state index < -0.39 is 0 Å². The summed E-state index contributed by atoms with van der Waals surface area (Å²) >= 11 is 0. The predicted molar refractivity (Wildman–Crippen MR) is 237 cm³/mol. The van der Waals surface area contributed by atoms with Crippen molar-refractivity contribution >= 4 is 60.2 Å². The van der Waals surface area contributed by atoms with Crippen LogP contribution in [0.2, 0.25) is 0 Å². The van der Waals surface area contributed by atoms with E-state index in [2.05, 4.69) is 191 Å². The molecule has 6 heteroatoms. The second kappa shape index (κ2) is 12.8. The van der Waals surface area contributed by atoms with E-state index in [0.29, 0.717) is 17.6 Å². The highest BCUT2D eigenvalue weighted by molar-refractivity contribution is 6.20. The number of para-hydroxylation sites is 3. The van der Waals surface area contributed by atoms with Gasteiger partial charge >= 0.3 is 0 Å². The Hall–Kier alpha value is -7.96. The van der Waals surface area contributed by atoms with Crippen LogP contribution in [-0.4, -0.2) is 28.9 Å². The van der Waals surface area contributed by atoms with Crippen LogP contribution in [-0.2, 0) is 0 Å². The van der Waals surface area contributed by atoms with Crippen molar-refractivity contribution in [1.82, 2.24) is 28.9 Å². The topological polar surface area (TPSA) is 60.9 Å². The first-order valence-electron chi connectivity index (χ1n) is 19.5. The highest BCUT2D eigenvalue weighted by atomic mass is 15.2. The van der Waals surface area contributed by atoms with Crippen LogP contribution in [0.1, 0.15) is 0 Å². The molecular weight excluding hydrogens is 709 g/mol. The maximum atomic E-state index is 5.34. The third-order valence-corrected chi connectivity index (χ3v) is 11.3. The number of benzene rings is 8. The molecule has 4 heterocycles. The maximum Gasteiger partial charge on any atom is 0.238 e. The number of aromatic nitrogens is 6. The number of rotatable bonds is 5. The highest BCUT2D eigenvalue weighted by Gasteiger charge is 2.21. The summed E-state index contributed by atoms with van der Waals surface area (Å²) in [6.07, 6.45) is 0. The Labute approximate surface area is 333 Å². The van der Waals surface area contributed by atoms with Gasteiger partial charge in [-0.1, -0.05) is 152 Å². The largest absolute Gasteiger partial charge is 0.292 e. The zero-order valence-corrected chi connectivity index (χ0v) is 31.2. The van der Waals surface area contributed by atoms with Crippen LogP contribution in [0.25, 0.3) is 111 Å². The first kappa shape index (κ1) is 32.3. The quantitative estimate of drug-likeness (QED) is 0.165. The minimum absolute atomic E-state index is 0.549. The van der Waals surface area contributed by atoms with Gasteiger partial charge in [0.1, 0.15) is 5.65 Å². The predicted octanol–water partition coefficient (Wildman–Crippen LogP) is 12.7. The molecule has 12 aromatic rings. The Morgan fingerprint density at radius 1 is 0.293 bits per heavy atom. The fourth-order valence-electron chi connectivity index (χ4n) is 8.64. The van der Waals surface area contributed by atoms with E-state index in [1.54, 1.807) is 0 Å². The van der Waals surface area contributed by atoms with Gasteiger partial charge in [0.05, 0.1) is 27.6 Å². The van der Waals surface area contributed by atoms with Crippen LogP contribution < -0.4 is 0 Å². The number of hydrogen-bond acceptors (Lipinski definition) is 4. The van der Waals surface area contributed by atoms with Crippen molar-refractivity contribution in [3.05, 3.63) is 194 Å². The van der Waals surface area contributed by atoms with Gasteiger partial charge in [0, 0.05) is 32.7 Å². The standard InChI is InChI=1S/C52H32N6/c1-3-15-33(16-4-1)35-19-13-21-37(29-35)49-54-50(38-22-14-20-36(30-38)34-17-5-2-6-18-34)56-52(55-49)58-45-27-11-9-24-40(45)43-31-42-39-23-7-8-25-41(39)51-53-44-26-10-12-28-46(44)57(51)47(42)32-48(43)58/h1-32H. The molecule has 0 amide bonds. The summed E-state index contributed by atoms with van der Waals surface area (Å²) in [5, 5.41) is 5.70. The molecular formula is C52H32N6. The van der Waals surface area contributed by atoms with Gasteiger partial charge in [0.2, 0.25) is 5.95 Å². The zero-order chi connectivity index (χ0) is 38.2. The number of pyridine rings is 1. The van der Waals surface area contributed by atoms with Gasteiger partial charge in [-0.3, -0.25) is 8.97 Å². The molecule has 270 valence electrons. The molecule has 0 aliphatic rings. The number of hydrogen-bond donors (Lipinski definition) is 0. The first-order valence-corrected chi connectivity index (χ1v) is 19.5. The average molecular weight is 741 g/mol. The van der Waals surface area contributed by atoms with Crippen LogP contribution in [0.4, 0.5) is 0 Å². The Morgan fingerprint density at radius 3 is 1.48 bits per heavy atom. The second-order valence-electron chi connectivity index (χ2n) is 14.7. The van der Waals surface area contributed by atoms with E-state index in [-0.39, 0.29) is 0 Å². The number of nitrogens with zero attached hydrogens (tertiary/aromatic N) is 6. The molecule has 8 aromatic carbocycles. The van der Waals surface area contributed by atoms with Gasteiger partial charge in [-0.15, -0.1) is 0 Å². The molecule has 0 unspecified atom stereocenters. The lowest BCUT2D eigenvalue weighted by atomic mass is 10.0. The molecule has 0 bridgehead atoms. The van der Waals surface area contributed by atoms with E-state index in [0.717, 1.165) is 88.2 Å². The maximum absolute atomic E-state index is 5.34. The molecule has 0 saturated heterocycles. The monoisotopic (exact) mass is 740 g/mol. The summed E-state index contributed by atoms with van der Waals surface area (Å²) in [7, 11) is 0. The van der Waals surface area contributed by atoms with Gasteiger partial charge in [-0.2, -0.15) is 9.97 Å². The minimum Gasteiger partial charge on any atom is -0.292 e. The molecule has 0 radical (unpaired) electrons. The van der Waals surface area contributed by atoms with Crippen LogP contribution in [0.15, 0.2) is 194 Å². The van der Waals surface area contributed by atoms with Crippen LogP contribution >= 0.6 is 0 Å². The summed E-state index contributed by atoms with van der Waals surface area (Å²) in [6, 6.07) is 68.0. The molecule has 12 rings (SSSR count). The van der Waals surface area contributed by atoms with Crippen molar-refractivity contribution in [3.63, 3.8) is 0 Å². The van der Waals surface area contributed by atoms with Gasteiger partial charge in [0.25, 0.3) is 0 Å². The Morgan fingerprint density at radius 2 is 0.810 bits per heavy atom. The summed E-state index contributed by atoms with van der Waals surface area (Å²) in [5.74, 6) is 1.75. The summed E-state index contributed by atoms with van der Waals surface area (Å²) in [4.78, 5) is 21.1. The van der Waals surface area contributed by atoms with Crippen molar-refractivity contribution in [1.29, 1.82) is 0 Å². The van der Waals surface area contributed by atoms with E-state index in [1.165, 1.54) is 5.39 Å². The third kappa shape index (κ3) is 5.05. The van der Waals surface area contributed by atoms with Crippen molar-refractivity contribution in [2.45, 2.75) is 0 Å².